The van der Waals surface area contributed by atoms with E-state index in [9.17, 15) is 13.2 Å². The van der Waals surface area contributed by atoms with Gasteiger partial charge in [0.05, 0.1) is 6.04 Å². The maximum Gasteiger partial charge on any atom is 0.132 e. The van der Waals surface area contributed by atoms with Gasteiger partial charge in [-0.25, -0.2) is 13.2 Å². The summed E-state index contributed by atoms with van der Waals surface area (Å²) >= 11 is 5.56. The lowest BCUT2D eigenvalue weighted by molar-refractivity contribution is 0.141. The van der Waals surface area contributed by atoms with Gasteiger partial charge in [-0.15, -0.1) is 24.8 Å². The zero-order chi connectivity index (χ0) is 13.1. The van der Waals surface area contributed by atoms with Crippen LogP contribution in [0.1, 0.15) is 11.6 Å². The van der Waals surface area contributed by atoms with Crippen molar-refractivity contribution in [3.8, 4) is 0 Å². The summed E-state index contributed by atoms with van der Waals surface area (Å²) in [6.45, 7) is 1.68. The zero-order valence-corrected chi connectivity index (χ0v) is 12.9. The first-order valence-corrected chi connectivity index (χ1v) is 6.16. The second kappa shape index (κ2) is 8.95. The SMILES string of the molecule is Cl.Cl.FC[C@H](c1c(F)cc(Cl)cc1F)N1CCNCC1. The Morgan fingerprint density at radius 2 is 1.65 bits per heavy atom. The maximum absolute atomic E-state index is 13.8. The maximum atomic E-state index is 13.8. The molecule has 1 atom stereocenters. The summed E-state index contributed by atoms with van der Waals surface area (Å²) in [4.78, 5) is 1.74. The second-order valence-corrected chi connectivity index (χ2v) is 4.68. The van der Waals surface area contributed by atoms with Crippen LogP contribution in [-0.2, 0) is 0 Å². The van der Waals surface area contributed by atoms with Crippen LogP contribution in [0.3, 0.4) is 0 Å². The molecule has 1 aromatic rings. The van der Waals surface area contributed by atoms with Gasteiger partial charge in [0.25, 0.3) is 0 Å². The van der Waals surface area contributed by atoms with E-state index in [4.69, 9.17) is 11.6 Å². The lowest BCUT2D eigenvalue weighted by Gasteiger charge is -2.33. The molecule has 116 valence electrons. The molecule has 1 saturated heterocycles. The third-order valence-corrected chi connectivity index (χ3v) is 3.33. The molecule has 1 heterocycles. The highest BCUT2D eigenvalue weighted by Gasteiger charge is 2.27. The van der Waals surface area contributed by atoms with E-state index < -0.39 is 24.4 Å². The van der Waals surface area contributed by atoms with Gasteiger partial charge in [0.1, 0.15) is 18.3 Å². The van der Waals surface area contributed by atoms with Gasteiger partial charge in [-0.3, -0.25) is 4.90 Å². The van der Waals surface area contributed by atoms with Crippen molar-refractivity contribution in [2.75, 3.05) is 32.9 Å². The van der Waals surface area contributed by atoms with Crippen molar-refractivity contribution in [3.05, 3.63) is 34.4 Å². The number of halogens is 6. The molecule has 0 aromatic heterocycles. The molecule has 0 aliphatic carbocycles. The monoisotopic (exact) mass is 350 g/mol. The largest absolute Gasteiger partial charge is 0.314 e. The van der Waals surface area contributed by atoms with E-state index in [2.05, 4.69) is 5.32 Å². The molecule has 2 rings (SSSR count). The van der Waals surface area contributed by atoms with Gasteiger partial charge in [-0.1, -0.05) is 11.6 Å². The first-order chi connectivity index (χ1) is 8.63. The highest BCUT2D eigenvalue weighted by Crippen LogP contribution is 2.29. The van der Waals surface area contributed by atoms with Gasteiger partial charge in [0.2, 0.25) is 0 Å². The highest BCUT2D eigenvalue weighted by molar-refractivity contribution is 6.30. The first-order valence-electron chi connectivity index (χ1n) is 5.78. The smallest absolute Gasteiger partial charge is 0.132 e. The van der Waals surface area contributed by atoms with Crippen molar-refractivity contribution in [1.29, 1.82) is 0 Å². The Morgan fingerprint density at radius 1 is 1.15 bits per heavy atom. The van der Waals surface area contributed by atoms with E-state index in [1.807, 2.05) is 0 Å². The van der Waals surface area contributed by atoms with Crippen molar-refractivity contribution in [2.45, 2.75) is 6.04 Å². The summed E-state index contributed by atoms with van der Waals surface area (Å²) in [6, 6.07) is 1.15. The third-order valence-electron chi connectivity index (χ3n) is 3.12. The molecule has 1 aliphatic rings. The molecule has 8 heteroatoms. The molecule has 2 nitrogen and oxygen atoms in total. The average Bonchev–Trinajstić information content (AvgIpc) is 2.34. The van der Waals surface area contributed by atoms with Gasteiger partial charge in [-0.2, -0.15) is 0 Å². The van der Waals surface area contributed by atoms with Crippen LogP contribution >= 0.6 is 36.4 Å². The third kappa shape index (κ3) is 4.40. The summed E-state index contributed by atoms with van der Waals surface area (Å²) in [7, 11) is 0. The Morgan fingerprint density at radius 3 is 2.10 bits per heavy atom. The molecule has 0 saturated carbocycles. The van der Waals surface area contributed by atoms with Gasteiger partial charge in [0, 0.05) is 36.8 Å². The molecule has 0 amide bonds. The number of hydrogen-bond acceptors (Lipinski definition) is 2. The van der Waals surface area contributed by atoms with E-state index in [0.717, 1.165) is 12.1 Å². The second-order valence-electron chi connectivity index (χ2n) is 4.24. The van der Waals surface area contributed by atoms with E-state index >= 15 is 0 Å². The van der Waals surface area contributed by atoms with Crippen molar-refractivity contribution < 1.29 is 13.2 Å². The van der Waals surface area contributed by atoms with E-state index in [1.54, 1.807) is 4.90 Å². The quantitative estimate of drug-likeness (QED) is 0.898. The standard InChI is InChI=1S/C12H14ClF3N2.2ClH/c13-8-5-9(15)12(10(16)6-8)11(7-14)18-3-1-17-2-4-18;;/h5-6,11,17H,1-4,7H2;2*1H/t11-;;/m1../s1. The van der Waals surface area contributed by atoms with Crippen LogP contribution in [0.5, 0.6) is 0 Å². The first kappa shape index (κ1) is 19.8. The molecule has 1 aliphatic heterocycles. The Bertz CT molecular complexity index is 405. The molecule has 1 fully saturated rings. The topological polar surface area (TPSA) is 15.3 Å². The molecule has 1 N–H and O–H groups in total. The summed E-state index contributed by atoms with van der Waals surface area (Å²) in [5, 5.41) is 3.09. The van der Waals surface area contributed by atoms with Crippen LogP contribution < -0.4 is 5.32 Å². The number of rotatable bonds is 3. The molecule has 0 unspecified atom stereocenters. The number of hydrogen-bond donors (Lipinski definition) is 1. The van der Waals surface area contributed by atoms with Gasteiger partial charge in [0.15, 0.2) is 0 Å². The number of nitrogens with one attached hydrogen (secondary N) is 1. The Balaban J connectivity index is 0.00000180. The summed E-state index contributed by atoms with van der Waals surface area (Å²) in [5.41, 5.74) is -0.233. The van der Waals surface area contributed by atoms with Crippen molar-refractivity contribution in [1.82, 2.24) is 10.2 Å². The zero-order valence-electron chi connectivity index (χ0n) is 10.5. The van der Waals surface area contributed by atoms with Gasteiger partial charge >= 0.3 is 0 Å². The van der Waals surface area contributed by atoms with Crippen LogP contribution in [0.4, 0.5) is 13.2 Å². The number of piperazine rings is 1. The Kier molecular flexibility index (Phi) is 8.86. The van der Waals surface area contributed by atoms with Crippen molar-refractivity contribution in [3.63, 3.8) is 0 Å². The Labute approximate surface area is 133 Å². The molecular formula is C12H16Cl3F3N2. The van der Waals surface area contributed by atoms with Crippen LogP contribution in [0.15, 0.2) is 12.1 Å². The van der Waals surface area contributed by atoms with Gasteiger partial charge < -0.3 is 5.32 Å². The van der Waals surface area contributed by atoms with Crippen LogP contribution in [0.2, 0.25) is 5.02 Å². The fourth-order valence-corrected chi connectivity index (χ4v) is 2.41. The van der Waals surface area contributed by atoms with Gasteiger partial charge in [-0.05, 0) is 12.1 Å². The lowest BCUT2D eigenvalue weighted by Crippen LogP contribution is -2.46. The fourth-order valence-electron chi connectivity index (χ4n) is 2.22. The van der Waals surface area contributed by atoms with Crippen LogP contribution in [0.25, 0.3) is 0 Å². The predicted molar refractivity (Wildman–Crippen MR) is 79.0 cm³/mol. The van der Waals surface area contributed by atoms with Crippen molar-refractivity contribution in [2.24, 2.45) is 0 Å². The van der Waals surface area contributed by atoms with E-state index in [0.29, 0.717) is 26.2 Å². The molecular weight excluding hydrogens is 335 g/mol. The molecule has 0 spiro atoms. The Hall–Kier alpha value is -0.200. The van der Waals surface area contributed by atoms with Crippen LogP contribution in [-0.4, -0.2) is 37.8 Å². The average molecular weight is 352 g/mol. The lowest BCUT2D eigenvalue weighted by atomic mass is 10.0. The minimum atomic E-state index is -0.885. The van der Waals surface area contributed by atoms with Crippen molar-refractivity contribution >= 4 is 36.4 Å². The van der Waals surface area contributed by atoms with E-state index in [-0.39, 0.29) is 35.4 Å². The van der Waals surface area contributed by atoms with E-state index in [1.165, 1.54) is 0 Å². The summed E-state index contributed by atoms with van der Waals surface area (Å²) in [6.07, 6.45) is 0. The van der Waals surface area contributed by atoms with Crippen LogP contribution in [0, 0.1) is 11.6 Å². The molecule has 0 radical (unpaired) electrons. The molecule has 20 heavy (non-hydrogen) atoms. The number of nitrogens with zero attached hydrogens (tertiary/aromatic N) is 1. The molecule has 1 aromatic carbocycles. The fraction of sp³-hybridized carbons (Fsp3) is 0.500. The normalized spacial score (nSPS) is 17.0. The summed E-state index contributed by atoms with van der Waals surface area (Å²) in [5.74, 6) is -1.58. The number of benzene rings is 1. The minimum absolute atomic E-state index is 0. The summed E-state index contributed by atoms with van der Waals surface area (Å²) < 4.78 is 40.7. The number of alkyl halides is 1. The minimum Gasteiger partial charge on any atom is -0.314 e. The highest BCUT2D eigenvalue weighted by atomic mass is 35.5. The predicted octanol–water partition coefficient (Wildman–Crippen LogP) is 3.38. The molecule has 0 bridgehead atoms.